The van der Waals surface area contributed by atoms with Crippen LogP contribution in [0.5, 0.6) is 5.75 Å². The number of ketones is 1. The van der Waals surface area contributed by atoms with E-state index in [1.165, 1.54) is 0 Å². The maximum Gasteiger partial charge on any atom is 0.358 e. The molecule has 1 aromatic rings. The van der Waals surface area contributed by atoms with E-state index in [1.807, 2.05) is 0 Å². The monoisotopic (exact) mass is 291 g/mol. The van der Waals surface area contributed by atoms with Crippen molar-refractivity contribution in [1.82, 2.24) is 0 Å². The Balaban J connectivity index is 2.00. The zero-order chi connectivity index (χ0) is 15.4. The predicted molar refractivity (Wildman–Crippen MR) is 72.4 cm³/mol. The maximum absolute atomic E-state index is 11.8. The number of aliphatic hydroxyl groups is 1. The van der Waals surface area contributed by atoms with Gasteiger partial charge in [0, 0.05) is 6.21 Å². The summed E-state index contributed by atoms with van der Waals surface area (Å²) >= 11 is 0. The van der Waals surface area contributed by atoms with Crippen molar-refractivity contribution in [3.05, 3.63) is 41.3 Å². The normalized spacial score (nSPS) is 18.0. The molecule has 1 heterocycles. The Morgan fingerprint density at radius 3 is 2.57 bits per heavy atom. The van der Waals surface area contributed by atoms with Crippen LogP contribution >= 0.6 is 0 Å². The van der Waals surface area contributed by atoms with Crippen LogP contribution in [-0.2, 0) is 20.9 Å². The first-order valence-electron chi connectivity index (χ1n) is 6.02. The van der Waals surface area contributed by atoms with Crippen LogP contribution in [-0.4, -0.2) is 41.4 Å². The second-order valence-electron chi connectivity index (χ2n) is 4.22. The molecule has 2 rings (SSSR count). The van der Waals surface area contributed by atoms with Gasteiger partial charge in [-0.15, -0.1) is 0 Å². The molecule has 0 radical (unpaired) electrons. The molecule has 1 aromatic carbocycles. The molecule has 7 heteroatoms. The number of nitrogens with zero attached hydrogens (tertiary/aromatic N) is 1. The van der Waals surface area contributed by atoms with Gasteiger partial charge in [0.15, 0.2) is 17.6 Å². The fourth-order valence-corrected chi connectivity index (χ4v) is 1.71. The first-order chi connectivity index (χ1) is 10.0. The van der Waals surface area contributed by atoms with Gasteiger partial charge in [-0.05, 0) is 17.7 Å². The standard InChI is InChI=1S/C14H13NO6/c1-20-9-4-2-8(3-5-9)7-21-10-6-15-11(14(18)19)13(17)12(10)16/h2-6,10,17H,7H2,1H3,(H,18,19). The first-order valence-corrected chi connectivity index (χ1v) is 6.02. The second kappa shape index (κ2) is 6.19. The smallest absolute Gasteiger partial charge is 0.358 e. The van der Waals surface area contributed by atoms with E-state index < -0.39 is 29.3 Å². The number of benzene rings is 1. The average Bonchev–Trinajstić information content (AvgIpc) is 2.49. The minimum absolute atomic E-state index is 0.113. The number of methoxy groups -OCH3 is 1. The summed E-state index contributed by atoms with van der Waals surface area (Å²) in [6.07, 6.45) is -0.0372. The van der Waals surface area contributed by atoms with Crippen molar-refractivity contribution in [3.8, 4) is 5.75 Å². The Morgan fingerprint density at radius 1 is 1.33 bits per heavy atom. The van der Waals surface area contributed by atoms with Gasteiger partial charge in [-0.25, -0.2) is 9.79 Å². The molecule has 0 amide bonds. The molecule has 0 aliphatic carbocycles. The van der Waals surface area contributed by atoms with E-state index in [-0.39, 0.29) is 6.61 Å². The van der Waals surface area contributed by atoms with Gasteiger partial charge in [0.2, 0.25) is 5.78 Å². The van der Waals surface area contributed by atoms with Crippen molar-refractivity contribution in [3.63, 3.8) is 0 Å². The molecule has 1 atom stereocenters. The first kappa shape index (κ1) is 14.7. The SMILES string of the molecule is COc1ccc(COC2C=NC(C(=O)O)=C(O)C2=O)cc1. The Bertz CT molecular complexity index is 617. The highest BCUT2D eigenvalue weighted by Gasteiger charge is 2.30. The molecular weight excluding hydrogens is 278 g/mol. The summed E-state index contributed by atoms with van der Waals surface area (Å²) in [5.74, 6) is -2.49. The number of carbonyl (C=O) groups excluding carboxylic acids is 1. The minimum atomic E-state index is -1.47. The van der Waals surface area contributed by atoms with Crippen LogP contribution in [0.15, 0.2) is 40.7 Å². The van der Waals surface area contributed by atoms with E-state index in [0.29, 0.717) is 5.75 Å². The fraction of sp³-hybridized carbons (Fsp3) is 0.214. The predicted octanol–water partition coefficient (Wildman–Crippen LogP) is 1.09. The summed E-state index contributed by atoms with van der Waals surface area (Å²) in [5.41, 5.74) is 0.119. The largest absolute Gasteiger partial charge is 0.503 e. The van der Waals surface area contributed by atoms with Crippen LogP contribution in [0.25, 0.3) is 0 Å². The molecule has 1 unspecified atom stereocenters. The number of aliphatic imine (C=N–C) groups is 1. The summed E-state index contributed by atoms with van der Waals surface area (Å²) in [5, 5.41) is 18.2. The van der Waals surface area contributed by atoms with Crippen LogP contribution in [0.1, 0.15) is 5.56 Å². The number of aliphatic hydroxyl groups excluding tert-OH is 1. The van der Waals surface area contributed by atoms with Crippen molar-refractivity contribution in [1.29, 1.82) is 0 Å². The van der Waals surface area contributed by atoms with Gasteiger partial charge in [-0.2, -0.15) is 0 Å². The maximum atomic E-state index is 11.8. The summed E-state index contributed by atoms with van der Waals surface area (Å²) in [6, 6.07) is 7.02. The summed E-state index contributed by atoms with van der Waals surface area (Å²) in [7, 11) is 1.55. The molecule has 110 valence electrons. The highest BCUT2D eigenvalue weighted by molar-refractivity contribution is 6.13. The van der Waals surface area contributed by atoms with E-state index in [1.54, 1.807) is 31.4 Å². The minimum Gasteiger partial charge on any atom is -0.503 e. The third-order valence-electron chi connectivity index (χ3n) is 2.85. The number of carboxylic acids is 1. The quantitative estimate of drug-likeness (QED) is 0.841. The van der Waals surface area contributed by atoms with Gasteiger partial charge in [0.05, 0.1) is 13.7 Å². The zero-order valence-corrected chi connectivity index (χ0v) is 11.1. The third kappa shape index (κ3) is 3.26. The van der Waals surface area contributed by atoms with E-state index in [0.717, 1.165) is 11.8 Å². The molecule has 2 N–H and O–H groups in total. The highest BCUT2D eigenvalue weighted by Crippen LogP contribution is 2.16. The number of hydrogen-bond acceptors (Lipinski definition) is 6. The molecule has 7 nitrogen and oxygen atoms in total. The van der Waals surface area contributed by atoms with Crippen LogP contribution in [0.2, 0.25) is 0 Å². The third-order valence-corrected chi connectivity index (χ3v) is 2.85. The number of rotatable bonds is 5. The van der Waals surface area contributed by atoms with Crippen molar-refractivity contribution < 1.29 is 29.3 Å². The van der Waals surface area contributed by atoms with Crippen LogP contribution in [0.4, 0.5) is 0 Å². The molecule has 0 bridgehead atoms. The number of hydrogen-bond donors (Lipinski definition) is 2. The Morgan fingerprint density at radius 2 is 2.00 bits per heavy atom. The van der Waals surface area contributed by atoms with Crippen LogP contribution < -0.4 is 4.74 Å². The Hall–Kier alpha value is -2.67. The highest BCUT2D eigenvalue weighted by atomic mass is 16.5. The fourth-order valence-electron chi connectivity index (χ4n) is 1.71. The molecule has 1 aliphatic heterocycles. The number of carboxylic acid groups (broad SMARTS) is 1. The summed E-state index contributed by atoms with van der Waals surface area (Å²) < 4.78 is 10.3. The van der Waals surface area contributed by atoms with Gasteiger partial charge < -0.3 is 19.7 Å². The number of Topliss-reactive ketones (excluding diaryl/α,β-unsaturated/α-hetero) is 1. The second-order valence-corrected chi connectivity index (χ2v) is 4.22. The molecule has 0 fully saturated rings. The molecule has 21 heavy (non-hydrogen) atoms. The van der Waals surface area contributed by atoms with Gasteiger partial charge in [-0.1, -0.05) is 12.1 Å². The van der Waals surface area contributed by atoms with Crippen molar-refractivity contribution >= 4 is 18.0 Å². The van der Waals surface area contributed by atoms with Crippen molar-refractivity contribution in [2.75, 3.05) is 7.11 Å². The summed E-state index contributed by atoms with van der Waals surface area (Å²) in [6.45, 7) is 0.113. The van der Waals surface area contributed by atoms with E-state index in [4.69, 9.17) is 14.6 Å². The molecule has 0 saturated carbocycles. The average molecular weight is 291 g/mol. The molecular formula is C14H13NO6. The lowest BCUT2D eigenvalue weighted by Crippen LogP contribution is -2.32. The van der Waals surface area contributed by atoms with Crippen molar-refractivity contribution in [2.45, 2.75) is 12.7 Å². The van der Waals surface area contributed by atoms with Crippen LogP contribution in [0.3, 0.4) is 0 Å². The molecule has 0 aromatic heterocycles. The van der Waals surface area contributed by atoms with Crippen molar-refractivity contribution in [2.24, 2.45) is 4.99 Å². The molecule has 0 spiro atoms. The lowest BCUT2D eigenvalue weighted by molar-refractivity contribution is -0.134. The topological polar surface area (TPSA) is 105 Å². The van der Waals surface area contributed by atoms with Crippen LogP contribution in [0, 0.1) is 0 Å². The Labute approximate surface area is 120 Å². The van der Waals surface area contributed by atoms with E-state index in [2.05, 4.69) is 4.99 Å². The Kier molecular flexibility index (Phi) is 4.34. The van der Waals surface area contributed by atoms with Gasteiger partial charge in [0.1, 0.15) is 5.75 Å². The number of ether oxygens (including phenoxy) is 2. The van der Waals surface area contributed by atoms with Gasteiger partial charge >= 0.3 is 5.97 Å². The number of carbonyl (C=O) groups is 2. The van der Waals surface area contributed by atoms with Gasteiger partial charge in [-0.3, -0.25) is 4.79 Å². The zero-order valence-electron chi connectivity index (χ0n) is 11.1. The lowest BCUT2D eigenvalue weighted by Gasteiger charge is -2.16. The number of aliphatic carboxylic acids is 1. The molecule has 1 aliphatic rings. The van der Waals surface area contributed by atoms with E-state index in [9.17, 15) is 14.7 Å². The van der Waals surface area contributed by atoms with Gasteiger partial charge in [0.25, 0.3) is 0 Å². The lowest BCUT2D eigenvalue weighted by atomic mass is 10.1. The molecule has 0 saturated heterocycles. The summed E-state index contributed by atoms with van der Waals surface area (Å²) in [4.78, 5) is 26.0. The van der Waals surface area contributed by atoms with E-state index >= 15 is 0 Å².